The van der Waals surface area contributed by atoms with Crippen molar-refractivity contribution in [1.82, 2.24) is 5.32 Å². The Balaban J connectivity index is 1.89. The van der Waals surface area contributed by atoms with Gasteiger partial charge in [-0.2, -0.15) is 0 Å². The van der Waals surface area contributed by atoms with Crippen LogP contribution in [-0.4, -0.2) is 30.2 Å². The maximum atomic E-state index is 12.1. The summed E-state index contributed by atoms with van der Waals surface area (Å²) in [4.78, 5) is 47.4. The number of hydrogen-bond acceptors (Lipinski definition) is 6. The highest BCUT2D eigenvalue weighted by atomic mass is 32.1. The average Bonchev–Trinajstić information content (AvgIpc) is 3.13. The zero-order valence-corrected chi connectivity index (χ0v) is 15.8. The fraction of sp³-hybridized carbons (Fsp3) is 0.263. The molecule has 2 aromatic rings. The molecule has 1 atom stereocenters. The normalized spacial score (nSPS) is 11.3. The molecule has 1 aromatic heterocycles. The Morgan fingerprint density at radius 3 is 2.30 bits per heavy atom. The average molecular weight is 388 g/mol. The monoisotopic (exact) mass is 388 g/mol. The van der Waals surface area contributed by atoms with Gasteiger partial charge >= 0.3 is 5.97 Å². The smallest absolute Gasteiger partial charge is 0.308 e. The van der Waals surface area contributed by atoms with E-state index in [2.05, 4.69) is 10.6 Å². The topological polar surface area (TPSA) is 102 Å². The van der Waals surface area contributed by atoms with Gasteiger partial charge < -0.3 is 15.4 Å². The molecule has 0 radical (unpaired) electrons. The SMILES string of the molecule is CC(=O)Nc1ccc(C(=O)COC(=O)CC(NC(C)=O)c2cccs2)cc1. The lowest BCUT2D eigenvalue weighted by atomic mass is 10.1. The second kappa shape index (κ2) is 9.63. The molecule has 0 bridgehead atoms. The van der Waals surface area contributed by atoms with Crippen molar-refractivity contribution in [2.24, 2.45) is 0 Å². The van der Waals surface area contributed by atoms with Crippen LogP contribution in [0.5, 0.6) is 0 Å². The fourth-order valence-corrected chi connectivity index (χ4v) is 3.13. The number of Topliss-reactive ketones (excluding diaryl/α,β-unsaturated/α-hetero) is 1. The number of benzene rings is 1. The number of carbonyl (C=O) groups excluding carboxylic acids is 4. The fourth-order valence-electron chi connectivity index (χ4n) is 2.36. The summed E-state index contributed by atoms with van der Waals surface area (Å²) in [5.74, 6) is -1.39. The van der Waals surface area contributed by atoms with Crippen LogP contribution >= 0.6 is 11.3 Å². The van der Waals surface area contributed by atoms with E-state index >= 15 is 0 Å². The summed E-state index contributed by atoms with van der Waals surface area (Å²) < 4.78 is 5.06. The number of anilines is 1. The summed E-state index contributed by atoms with van der Waals surface area (Å²) in [5, 5.41) is 7.16. The number of thiophene rings is 1. The van der Waals surface area contributed by atoms with Gasteiger partial charge in [-0.1, -0.05) is 6.07 Å². The summed E-state index contributed by atoms with van der Waals surface area (Å²) in [6.07, 6.45) is -0.0607. The third-order valence-electron chi connectivity index (χ3n) is 3.53. The number of carbonyl (C=O) groups is 4. The molecule has 142 valence electrons. The van der Waals surface area contributed by atoms with Gasteiger partial charge in [-0.25, -0.2) is 0 Å². The van der Waals surface area contributed by atoms with Crippen LogP contribution in [0.1, 0.15) is 41.5 Å². The number of rotatable bonds is 8. The molecule has 0 fully saturated rings. The molecule has 1 heterocycles. The molecule has 2 N–H and O–H groups in total. The molecule has 1 aromatic carbocycles. The number of ether oxygens (including phenoxy) is 1. The highest BCUT2D eigenvalue weighted by molar-refractivity contribution is 7.10. The van der Waals surface area contributed by atoms with Crippen molar-refractivity contribution in [3.8, 4) is 0 Å². The minimum absolute atomic E-state index is 0.0607. The van der Waals surface area contributed by atoms with Gasteiger partial charge in [0.25, 0.3) is 0 Å². The van der Waals surface area contributed by atoms with Crippen molar-refractivity contribution in [3.63, 3.8) is 0 Å². The van der Waals surface area contributed by atoms with E-state index < -0.39 is 18.6 Å². The molecule has 2 rings (SSSR count). The molecule has 1 unspecified atom stereocenters. The lowest BCUT2D eigenvalue weighted by molar-refractivity contribution is -0.143. The van der Waals surface area contributed by atoms with Crippen molar-refractivity contribution >= 4 is 40.6 Å². The van der Waals surface area contributed by atoms with Crippen LogP contribution in [0.25, 0.3) is 0 Å². The largest absolute Gasteiger partial charge is 0.457 e. The van der Waals surface area contributed by atoms with E-state index in [9.17, 15) is 19.2 Å². The Labute approximate surface area is 160 Å². The second-order valence-electron chi connectivity index (χ2n) is 5.82. The molecular formula is C19H20N2O5S. The van der Waals surface area contributed by atoms with Crippen LogP contribution in [-0.2, 0) is 19.1 Å². The number of nitrogens with one attached hydrogen (secondary N) is 2. The third kappa shape index (κ3) is 6.67. The molecule has 7 nitrogen and oxygen atoms in total. The van der Waals surface area contributed by atoms with Crippen LogP contribution in [0.4, 0.5) is 5.69 Å². The van der Waals surface area contributed by atoms with Crippen LogP contribution in [0.2, 0.25) is 0 Å². The van der Waals surface area contributed by atoms with Gasteiger partial charge in [0.05, 0.1) is 12.5 Å². The van der Waals surface area contributed by atoms with Crippen LogP contribution in [0.3, 0.4) is 0 Å². The first-order valence-corrected chi connectivity index (χ1v) is 9.10. The van der Waals surface area contributed by atoms with Crippen molar-refractivity contribution in [2.75, 3.05) is 11.9 Å². The molecule has 0 aliphatic rings. The lowest BCUT2D eigenvalue weighted by Gasteiger charge is -2.15. The Bertz CT molecular complexity index is 815. The van der Waals surface area contributed by atoms with E-state index in [1.165, 1.54) is 25.2 Å². The van der Waals surface area contributed by atoms with Gasteiger partial charge in [0.1, 0.15) is 0 Å². The van der Waals surface area contributed by atoms with E-state index in [-0.39, 0.29) is 24.0 Å². The molecule has 0 spiro atoms. The molecule has 0 aliphatic carbocycles. The standard InChI is InChI=1S/C19H20N2O5S/c1-12(22)20-15-7-5-14(6-8-15)17(24)11-26-19(25)10-16(21-13(2)23)18-4-3-9-27-18/h3-9,16H,10-11H2,1-2H3,(H,20,22)(H,21,23). The number of esters is 1. The number of hydrogen-bond donors (Lipinski definition) is 2. The molecule has 27 heavy (non-hydrogen) atoms. The molecule has 8 heteroatoms. The van der Waals surface area contributed by atoms with E-state index in [1.807, 2.05) is 17.5 Å². The molecule has 2 amide bonds. The summed E-state index contributed by atoms with van der Waals surface area (Å²) in [5.41, 5.74) is 0.943. The predicted molar refractivity (Wildman–Crippen MR) is 102 cm³/mol. The van der Waals surface area contributed by atoms with Crippen LogP contribution < -0.4 is 10.6 Å². The highest BCUT2D eigenvalue weighted by Crippen LogP contribution is 2.22. The van der Waals surface area contributed by atoms with Gasteiger partial charge in [0.2, 0.25) is 11.8 Å². The van der Waals surface area contributed by atoms with E-state index in [1.54, 1.807) is 24.3 Å². The molecule has 0 aliphatic heterocycles. The Kier molecular flexibility index (Phi) is 7.25. The maximum absolute atomic E-state index is 12.1. The summed E-state index contributed by atoms with van der Waals surface area (Å²) in [7, 11) is 0. The predicted octanol–water partition coefficient (Wildman–Crippen LogP) is 2.70. The first-order valence-electron chi connectivity index (χ1n) is 8.22. The third-order valence-corrected chi connectivity index (χ3v) is 4.51. The van der Waals surface area contributed by atoms with Gasteiger partial charge in [-0.05, 0) is 35.7 Å². The second-order valence-corrected chi connectivity index (χ2v) is 6.79. The maximum Gasteiger partial charge on any atom is 0.308 e. The first kappa shape index (κ1) is 20.3. The molecule has 0 saturated heterocycles. The van der Waals surface area contributed by atoms with E-state index in [0.29, 0.717) is 11.3 Å². The van der Waals surface area contributed by atoms with Gasteiger partial charge in [0.15, 0.2) is 12.4 Å². The van der Waals surface area contributed by atoms with E-state index in [4.69, 9.17) is 4.74 Å². The molecule has 0 saturated carbocycles. The zero-order chi connectivity index (χ0) is 19.8. The Morgan fingerprint density at radius 2 is 1.74 bits per heavy atom. The highest BCUT2D eigenvalue weighted by Gasteiger charge is 2.20. The van der Waals surface area contributed by atoms with Crippen molar-refractivity contribution in [1.29, 1.82) is 0 Å². The minimum Gasteiger partial charge on any atom is -0.457 e. The number of ketones is 1. The minimum atomic E-state index is -0.578. The van der Waals surface area contributed by atoms with Gasteiger partial charge in [-0.15, -0.1) is 11.3 Å². The lowest BCUT2D eigenvalue weighted by Crippen LogP contribution is -2.28. The van der Waals surface area contributed by atoms with Gasteiger partial charge in [0, 0.05) is 30.0 Å². The first-order chi connectivity index (χ1) is 12.8. The molecular weight excluding hydrogens is 368 g/mol. The summed E-state index contributed by atoms with van der Waals surface area (Å²) >= 11 is 1.42. The van der Waals surface area contributed by atoms with Crippen molar-refractivity contribution < 1.29 is 23.9 Å². The zero-order valence-electron chi connectivity index (χ0n) is 15.0. The Hall–Kier alpha value is -3.00. The Morgan fingerprint density at radius 1 is 1.04 bits per heavy atom. The van der Waals surface area contributed by atoms with Gasteiger partial charge in [-0.3, -0.25) is 19.2 Å². The van der Waals surface area contributed by atoms with Crippen molar-refractivity contribution in [2.45, 2.75) is 26.3 Å². The van der Waals surface area contributed by atoms with Crippen LogP contribution in [0.15, 0.2) is 41.8 Å². The van der Waals surface area contributed by atoms with Crippen molar-refractivity contribution in [3.05, 3.63) is 52.2 Å². The quantitative estimate of drug-likeness (QED) is 0.535. The number of amides is 2. The van der Waals surface area contributed by atoms with Crippen LogP contribution in [0, 0.1) is 0 Å². The summed E-state index contributed by atoms with van der Waals surface area (Å²) in [6.45, 7) is 2.37. The van der Waals surface area contributed by atoms with E-state index in [0.717, 1.165) is 4.88 Å². The summed E-state index contributed by atoms with van der Waals surface area (Å²) in [6, 6.07) is 9.46.